The standard InChI is InChI=1S/C22H18N6O4/c1-14-23-8-9-28(14)20-11-21(25-12-24-20)32-17-5-2-15(3-6-17)26-22(29)27-16-4-7-18-19(10-16)31-13-30-18/h2-12H,13H2,1H3,(H2,26,27,29). The summed E-state index contributed by atoms with van der Waals surface area (Å²) in [4.78, 5) is 24.9. The van der Waals surface area contributed by atoms with Crippen LogP contribution in [0, 0.1) is 6.92 Å². The molecule has 0 saturated heterocycles. The van der Waals surface area contributed by atoms with E-state index in [2.05, 4.69) is 25.6 Å². The van der Waals surface area contributed by atoms with Crippen molar-refractivity contribution in [3.05, 3.63) is 73.1 Å². The van der Waals surface area contributed by atoms with Gasteiger partial charge in [-0.3, -0.25) is 4.57 Å². The first-order chi connectivity index (χ1) is 15.6. The van der Waals surface area contributed by atoms with Crippen molar-refractivity contribution in [2.24, 2.45) is 0 Å². The van der Waals surface area contributed by atoms with Crippen LogP contribution < -0.4 is 24.8 Å². The van der Waals surface area contributed by atoms with Gasteiger partial charge in [-0.05, 0) is 43.3 Å². The van der Waals surface area contributed by atoms with Crippen molar-refractivity contribution in [2.45, 2.75) is 6.92 Å². The van der Waals surface area contributed by atoms with Gasteiger partial charge in [0.25, 0.3) is 0 Å². The number of aromatic nitrogens is 4. The number of anilines is 2. The predicted octanol–water partition coefficient (Wildman–Crippen LogP) is 4.14. The molecule has 0 fully saturated rings. The molecule has 2 amide bonds. The van der Waals surface area contributed by atoms with E-state index < -0.39 is 0 Å². The fraction of sp³-hybridized carbons (Fsp3) is 0.0909. The fourth-order valence-electron chi connectivity index (χ4n) is 3.13. The Labute approximate surface area is 182 Å². The number of urea groups is 1. The van der Waals surface area contributed by atoms with Crippen LogP contribution in [0.3, 0.4) is 0 Å². The number of rotatable bonds is 5. The molecule has 10 heteroatoms. The van der Waals surface area contributed by atoms with Gasteiger partial charge in [0, 0.05) is 35.9 Å². The number of carbonyl (C=O) groups is 1. The van der Waals surface area contributed by atoms with E-state index in [1.807, 2.05) is 17.7 Å². The first kappa shape index (κ1) is 19.4. The van der Waals surface area contributed by atoms with Gasteiger partial charge in [0.15, 0.2) is 11.5 Å². The van der Waals surface area contributed by atoms with Crippen LogP contribution in [0.15, 0.2) is 67.3 Å². The van der Waals surface area contributed by atoms with Crippen molar-refractivity contribution in [1.29, 1.82) is 0 Å². The highest BCUT2D eigenvalue weighted by atomic mass is 16.7. The summed E-state index contributed by atoms with van der Waals surface area (Å²) in [6.45, 7) is 2.07. The van der Waals surface area contributed by atoms with Gasteiger partial charge in [0.1, 0.15) is 23.7 Å². The molecule has 4 aromatic rings. The SMILES string of the molecule is Cc1nccn1-c1cc(Oc2ccc(NC(=O)Nc3ccc4c(c3)OCO4)cc2)ncn1. The second kappa shape index (κ2) is 8.26. The molecule has 2 aromatic carbocycles. The van der Waals surface area contributed by atoms with Gasteiger partial charge in [-0.15, -0.1) is 0 Å². The largest absolute Gasteiger partial charge is 0.454 e. The molecule has 32 heavy (non-hydrogen) atoms. The monoisotopic (exact) mass is 430 g/mol. The van der Waals surface area contributed by atoms with Crippen molar-refractivity contribution in [1.82, 2.24) is 19.5 Å². The average molecular weight is 430 g/mol. The molecule has 2 aromatic heterocycles. The Morgan fingerprint density at radius 3 is 2.56 bits per heavy atom. The molecule has 160 valence electrons. The number of nitrogens with zero attached hydrogens (tertiary/aromatic N) is 4. The van der Waals surface area contributed by atoms with Gasteiger partial charge >= 0.3 is 6.03 Å². The van der Waals surface area contributed by atoms with E-state index in [1.165, 1.54) is 6.33 Å². The first-order valence-electron chi connectivity index (χ1n) is 9.72. The van der Waals surface area contributed by atoms with Crippen molar-refractivity contribution < 1.29 is 19.0 Å². The normalized spacial score (nSPS) is 11.8. The Morgan fingerprint density at radius 2 is 1.75 bits per heavy atom. The summed E-state index contributed by atoms with van der Waals surface area (Å²) in [6.07, 6.45) is 4.95. The van der Waals surface area contributed by atoms with E-state index in [-0.39, 0.29) is 12.8 Å². The summed E-state index contributed by atoms with van der Waals surface area (Å²) >= 11 is 0. The molecule has 0 radical (unpaired) electrons. The highest BCUT2D eigenvalue weighted by Crippen LogP contribution is 2.34. The second-order valence-corrected chi connectivity index (χ2v) is 6.83. The molecular weight excluding hydrogens is 412 g/mol. The molecule has 0 atom stereocenters. The van der Waals surface area contributed by atoms with Gasteiger partial charge in [-0.2, -0.15) is 0 Å². The molecule has 1 aliphatic heterocycles. The number of imidazole rings is 1. The predicted molar refractivity (Wildman–Crippen MR) is 116 cm³/mol. The third kappa shape index (κ3) is 4.15. The van der Waals surface area contributed by atoms with Crippen molar-refractivity contribution in [3.63, 3.8) is 0 Å². The van der Waals surface area contributed by atoms with E-state index in [1.54, 1.807) is 54.7 Å². The zero-order valence-corrected chi connectivity index (χ0v) is 17.0. The lowest BCUT2D eigenvalue weighted by Crippen LogP contribution is -2.19. The van der Waals surface area contributed by atoms with Gasteiger partial charge < -0.3 is 24.8 Å². The molecule has 0 bridgehead atoms. The minimum atomic E-state index is -0.381. The zero-order chi connectivity index (χ0) is 21.9. The van der Waals surface area contributed by atoms with Crippen LogP contribution in [0.2, 0.25) is 0 Å². The first-order valence-corrected chi connectivity index (χ1v) is 9.72. The van der Waals surface area contributed by atoms with Crippen LogP contribution in [0.5, 0.6) is 23.1 Å². The highest BCUT2D eigenvalue weighted by molar-refractivity contribution is 6.00. The number of nitrogens with one attached hydrogen (secondary N) is 2. The van der Waals surface area contributed by atoms with E-state index in [9.17, 15) is 4.79 Å². The second-order valence-electron chi connectivity index (χ2n) is 6.83. The van der Waals surface area contributed by atoms with Gasteiger partial charge in [-0.1, -0.05) is 0 Å². The van der Waals surface area contributed by atoms with Gasteiger partial charge in [0.05, 0.1) is 0 Å². The lowest BCUT2D eigenvalue weighted by molar-refractivity contribution is 0.174. The molecule has 0 spiro atoms. The molecule has 2 N–H and O–H groups in total. The summed E-state index contributed by atoms with van der Waals surface area (Å²) in [5.41, 5.74) is 1.20. The van der Waals surface area contributed by atoms with Gasteiger partial charge in [-0.25, -0.2) is 19.7 Å². The number of amides is 2. The van der Waals surface area contributed by atoms with Crippen LogP contribution in [0.4, 0.5) is 16.2 Å². The minimum absolute atomic E-state index is 0.179. The summed E-state index contributed by atoms with van der Waals surface area (Å²) < 4.78 is 18.2. The summed E-state index contributed by atoms with van der Waals surface area (Å²) in [7, 11) is 0. The quantitative estimate of drug-likeness (QED) is 0.489. The van der Waals surface area contributed by atoms with Crippen LogP contribution in [0.25, 0.3) is 5.82 Å². The molecular formula is C22H18N6O4. The summed E-state index contributed by atoms with van der Waals surface area (Å²) in [5.74, 6) is 3.68. The van der Waals surface area contributed by atoms with Crippen LogP contribution in [-0.2, 0) is 0 Å². The number of hydrogen-bond acceptors (Lipinski definition) is 7. The maximum atomic E-state index is 12.3. The Balaban J connectivity index is 1.21. The van der Waals surface area contributed by atoms with E-state index in [0.717, 1.165) is 5.82 Å². The number of fused-ring (bicyclic) bond motifs is 1. The molecule has 1 aliphatic rings. The minimum Gasteiger partial charge on any atom is -0.454 e. The molecule has 0 unspecified atom stereocenters. The maximum Gasteiger partial charge on any atom is 0.323 e. The topological polar surface area (TPSA) is 112 Å². The number of hydrogen-bond donors (Lipinski definition) is 2. The van der Waals surface area contributed by atoms with Gasteiger partial charge in [0.2, 0.25) is 12.7 Å². The molecule has 0 aliphatic carbocycles. The molecule has 0 saturated carbocycles. The highest BCUT2D eigenvalue weighted by Gasteiger charge is 2.14. The number of carbonyl (C=O) groups excluding carboxylic acids is 1. The number of benzene rings is 2. The smallest absolute Gasteiger partial charge is 0.323 e. The third-order valence-electron chi connectivity index (χ3n) is 4.67. The summed E-state index contributed by atoms with van der Waals surface area (Å²) in [5, 5.41) is 5.53. The number of aryl methyl sites for hydroxylation is 1. The van der Waals surface area contributed by atoms with Crippen molar-refractivity contribution in [2.75, 3.05) is 17.4 Å². The summed E-state index contributed by atoms with van der Waals surface area (Å²) in [6, 6.07) is 13.5. The van der Waals surface area contributed by atoms with E-state index in [4.69, 9.17) is 14.2 Å². The molecule has 10 nitrogen and oxygen atoms in total. The van der Waals surface area contributed by atoms with E-state index in [0.29, 0.717) is 40.3 Å². The number of ether oxygens (including phenoxy) is 3. The van der Waals surface area contributed by atoms with Crippen molar-refractivity contribution in [3.8, 4) is 28.9 Å². The van der Waals surface area contributed by atoms with Crippen LogP contribution >= 0.6 is 0 Å². The molecule has 5 rings (SSSR count). The third-order valence-corrected chi connectivity index (χ3v) is 4.67. The maximum absolute atomic E-state index is 12.3. The Hall–Kier alpha value is -4.60. The van der Waals surface area contributed by atoms with Crippen molar-refractivity contribution >= 4 is 17.4 Å². The lowest BCUT2D eigenvalue weighted by Gasteiger charge is -2.10. The lowest BCUT2D eigenvalue weighted by atomic mass is 10.3. The molecule has 3 heterocycles. The Morgan fingerprint density at radius 1 is 0.969 bits per heavy atom. The average Bonchev–Trinajstić information content (AvgIpc) is 3.43. The van der Waals surface area contributed by atoms with Crippen LogP contribution in [0.1, 0.15) is 5.82 Å². The van der Waals surface area contributed by atoms with E-state index >= 15 is 0 Å². The zero-order valence-electron chi connectivity index (χ0n) is 17.0. The Bertz CT molecular complexity index is 1270. The fourth-order valence-corrected chi connectivity index (χ4v) is 3.13. The Kier molecular flexibility index (Phi) is 5.00. The van der Waals surface area contributed by atoms with Crippen LogP contribution in [-0.4, -0.2) is 32.3 Å².